The molecule has 2 rings (SSSR count). The third kappa shape index (κ3) is 3.20. The van der Waals surface area contributed by atoms with Crippen LogP contribution in [0.3, 0.4) is 0 Å². The van der Waals surface area contributed by atoms with E-state index in [9.17, 15) is 20.0 Å². The zero-order chi connectivity index (χ0) is 16.3. The molecule has 0 atom stereocenters. The molecule has 1 heterocycles. The molecule has 0 spiro atoms. The van der Waals surface area contributed by atoms with Gasteiger partial charge in [0.2, 0.25) is 0 Å². The number of benzene rings is 1. The molecule has 2 aromatic rings. The van der Waals surface area contributed by atoms with E-state index in [1.807, 2.05) is 0 Å². The summed E-state index contributed by atoms with van der Waals surface area (Å²) in [4.78, 5) is 21.6. The lowest BCUT2D eigenvalue weighted by Crippen LogP contribution is -2.20. The fourth-order valence-electron chi connectivity index (χ4n) is 1.53. The second-order valence-electron chi connectivity index (χ2n) is 4.18. The Balaban J connectivity index is 2.20. The average Bonchev–Trinajstić information content (AvgIpc) is 2.48. The topological polar surface area (TPSA) is 123 Å². The van der Waals surface area contributed by atoms with Crippen molar-refractivity contribution in [1.29, 1.82) is 0 Å². The Hall–Kier alpha value is -2.94. The smallest absolute Gasteiger partial charge is 0.311 e. The van der Waals surface area contributed by atoms with Gasteiger partial charge in [-0.05, 0) is 12.1 Å². The van der Waals surface area contributed by atoms with Crippen LogP contribution in [0.15, 0.2) is 34.3 Å². The summed E-state index contributed by atoms with van der Waals surface area (Å²) in [5.41, 5.74) is 2.19. The van der Waals surface area contributed by atoms with Crippen LogP contribution < -0.4 is 11.0 Å². The number of nitro benzene ring substituents is 1. The molecule has 0 aliphatic heterocycles. The van der Waals surface area contributed by atoms with E-state index in [0.29, 0.717) is 5.56 Å². The predicted molar refractivity (Wildman–Crippen MR) is 80.5 cm³/mol. The number of aromatic hydroxyl groups is 1. The molecule has 0 saturated carbocycles. The fourth-order valence-corrected chi connectivity index (χ4v) is 1.75. The number of nitro groups is 1. The molecule has 9 nitrogen and oxygen atoms in total. The van der Waals surface area contributed by atoms with Crippen LogP contribution in [0.2, 0.25) is 5.02 Å². The summed E-state index contributed by atoms with van der Waals surface area (Å²) in [6.07, 6.45) is 2.60. The van der Waals surface area contributed by atoms with Gasteiger partial charge in [-0.1, -0.05) is 11.6 Å². The highest BCUT2D eigenvalue weighted by atomic mass is 35.5. The highest BCUT2D eigenvalue weighted by Crippen LogP contribution is 2.25. The van der Waals surface area contributed by atoms with Gasteiger partial charge in [0.25, 0.3) is 5.56 Å². The number of phenolic OH excluding ortho intramolecular Hbond substituents is 1. The van der Waals surface area contributed by atoms with E-state index in [1.54, 1.807) is 0 Å². The first kappa shape index (κ1) is 15.4. The van der Waals surface area contributed by atoms with Crippen molar-refractivity contribution < 1.29 is 10.0 Å². The van der Waals surface area contributed by atoms with Crippen LogP contribution in [0.4, 0.5) is 11.4 Å². The average molecular weight is 324 g/mol. The number of rotatable bonds is 4. The zero-order valence-corrected chi connectivity index (χ0v) is 12.0. The van der Waals surface area contributed by atoms with Crippen molar-refractivity contribution in [3.05, 3.63) is 55.5 Å². The first-order valence-corrected chi connectivity index (χ1v) is 6.26. The summed E-state index contributed by atoms with van der Waals surface area (Å²) in [5.74, 6) is -0.436. The lowest BCUT2D eigenvalue weighted by molar-refractivity contribution is -0.385. The normalized spacial score (nSPS) is 10.8. The summed E-state index contributed by atoms with van der Waals surface area (Å²) in [6.45, 7) is 0. The molecule has 0 saturated heterocycles. The number of halogens is 1. The maximum atomic E-state index is 11.6. The molecule has 10 heteroatoms. The van der Waals surface area contributed by atoms with Crippen LogP contribution in [0.5, 0.6) is 5.75 Å². The molecular weight excluding hydrogens is 314 g/mol. The second-order valence-corrected chi connectivity index (χ2v) is 4.55. The monoisotopic (exact) mass is 323 g/mol. The number of aromatic nitrogens is 2. The molecule has 0 unspecified atom stereocenters. The van der Waals surface area contributed by atoms with Crippen LogP contribution in [-0.2, 0) is 7.05 Å². The molecule has 22 heavy (non-hydrogen) atoms. The summed E-state index contributed by atoms with van der Waals surface area (Å²) in [6, 6.07) is 3.79. The first-order valence-electron chi connectivity index (χ1n) is 5.88. The summed E-state index contributed by atoms with van der Waals surface area (Å²) in [7, 11) is 1.46. The van der Waals surface area contributed by atoms with Crippen molar-refractivity contribution in [3.63, 3.8) is 0 Å². The van der Waals surface area contributed by atoms with Gasteiger partial charge in [0, 0.05) is 18.7 Å². The van der Waals surface area contributed by atoms with Crippen LogP contribution in [0.25, 0.3) is 0 Å². The van der Waals surface area contributed by atoms with Gasteiger partial charge in [0.1, 0.15) is 10.7 Å². The van der Waals surface area contributed by atoms with E-state index in [1.165, 1.54) is 31.6 Å². The van der Waals surface area contributed by atoms with Gasteiger partial charge in [-0.3, -0.25) is 20.3 Å². The molecule has 0 aliphatic carbocycles. The quantitative estimate of drug-likeness (QED) is 0.499. The second kappa shape index (κ2) is 6.22. The minimum atomic E-state index is -0.707. The molecule has 0 aliphatic rings. The largest absolute Gasteiger partial charge is 0.502 e. The Morgan fingerprint density at radius 1 is 1.55 bits per heavy atom. The summed E-state index contributed by atoms with van der Waals surface area (Å²) >= 11 is 5.84. The lowest BCUT2D eigenvalue weighted by Gasteiger charge is -2.03. The van der Waals surface area contributed by atoms with Crippen LogP contribution in [-0.4, -0.2) is 26.0 Å². The molecular formula is C12H10ClN5O4. The van der Waals surface area contributed by atoms with Crippen molar-refractivity contribution in [3.8, 4) is 5.75 Å². The van der Waals surface area contributed by atoms with Gasteiger partial charge in [-0.15, -0.1) is 0 Å². The Morgan fingerprint density at radius 2 is 2.27 bits per heavy atom. The number of nitrogens with zero attached hydrogens (tertiary/aromatic N) is 4. The minimum Gasteiger partial charge on any atom is -0.502 e. The van der Waals surface area contributed by atoms with Crippen molar-refractivity contribution in [2.75, 3.05) is 5.43 Å². The van der Waals surface area contributed by atoms with Gasteiger partial charge in [0.15, 0.2) is 5.75 Å². The molecule has 114 valence electrons. The van der Waals surface area contributed by atoms with Crippen molar-refractivity contribution >= 4 is 29.2 Å². The SMILES string of the molecule is Cn1ncc(N/N=C\c2ccc(O)c([N+](=O)[O-])c2)c(Cl)c1=O. The van der Waals surface area contributed by atoms with Crippen molar-refractivity contribution in [2.45, 2.75) is 0 Å². The number of phenols is 1. The van der Waals surface area contributed by atoms with E-state index >= 15 is 0 Å². The predicted octanol–water partition coefficient (Wildman–Crippen LogP) is 1.49. The number of hydrogen-bond acceptors (Lipinski definition) is 7. The van der Waals surface area contributed by atoms with Gasteiger partial charge in [-0.2, -0.15) is 10.2 Å². The fraction of sp³-hybridized carbons (Fsp3) is 0.0833. The van der Waals surface area contributed by atoms with Gasteiger partial charge in [-0.25, -0.2) is 4.68 Å². The van der Waals surface area contributed by atoms with Gasteiger partial charge < -0.3 is 5.11 Å². The molecule has 0 radical (unpaired) electrons. The highest BCUT2D eigenvalue weighted by molar-refractivity contribution is 6.32. The zero-order valence-electron chi connectivity index (χ0n) is 11.2. The van der Waals surface area contributed by atoms with Crippen molar-refractivity contribution in [2.24, 2.45) is 12.1 Å². The molecule has 0 amide bonds. The van der Waals surface area contributed by atoms with Crippen LogP contribution >= 0.6 is 11.6 Å². The number of anilines is 1. The molecule has 2 N–H and O–H groups in total. The molecule has 0 bridgehead atoms. The van der Waals surface area contributed by atoms with E-state index in [2.05, 4.69) is 15.6 Å². The highest BCUT2D eigenvalue weighted by Gasteiger charge is 2.12. The van der Waals surface area contributed by atoms with E-state index in [0.717, 1.165) is 10.7 Å². The number of hydrazone groups is 1. The van der Waals surface area contributed by atoms with E-state index in [4.69, 9.17) is 11.6 Å². The Bertz CT molecular complexity index is 818. The van der Waals surface area contributed by atoms with Crippen LogP contribution in [0, 0.1) is 10.1 Å². The summed E-state index contributed by atoms with van der Waals surface area (Å²) < 4.78 is 1.07. The maximum Gasteiger partial charge on any atom is 0.311 e. The lowest BCUT2D eigenvalue weighted by atomic mass is 10.2. The standard InChI is InChI=1S/C12H10ClN5O4/c1-17-12(20)11(13)8(6-15-17)16-14-5-7-2-3-10(19)9(4-7)18(21)22/h2-6,16,19H,1H3/b14-5-. The van der Waals surface area contributed by atoms with Crippen LogP contribution in [0.1, 0.15) is 5.56 Å². The maximum absolute atomic E-state index is 11.6. The number of nitrogens with one attached hydrogen (secondary N) is 1. The third-order valence-corrected chi connectivity index (χ3v) is 3.04. The molecule has 1 aromatic carbocycles. The molecule has 0 fully saturated rings. The number of hydrogen-bond donors (Lipinski definition) is 2. The first-order chi connectivity index (χ1) is 10.4. The third-order valence-electron chi connectivity index (χ3n) is 2.67. The Morgan fingerprint density at radius 3 is 2.95 bits per heavy atom. The number of aryl methyl sites for hydroxylation is 1. The minimum absolute atomic E-state index is 0.0775. The summed E-state index contributed by atoms with van der Waals surface area (Å²) in [5, 5.41) is 27.6. The van der Waals surface area contributed by atoms with Gasteiger partial charge in [0.05, 0.1) is 17.3 Å². The Labute approximate surface area is 128 Å². The van der Waals surface area contributed by atoms with Gasteiger partial charge >= 0.3 is 5.69 Å². The van der Waals surface area contributed by atoms with Crippen molar-refractivity contribution in [1.82, 2.24) is 9.78 Å². The van der Waals surface area contributed by atoms with E-state index < -0.39 is 21.9 Å². The Kier molecular flexibility index (Phi) is 4.37. The van der Waals surface area contributed by atoms with E-state index in [-0.39, 0.29) is 10.7 Å². The molecule has 1 aromatic heterocycles.